The predicted molar refractivity (Wildman–Crippen MR) is 103 cm³/mol. The van der Waals surface area contributed by atoms with Crippen molar-refractivity contribution in [3.05, 3.63) is 42.0 Å². The summed E-state index contributed by atoms with van der Waals surface area (Å²) in [6, 6.07) is 11.1. The van der Waals surface area contributed by atoms with Crippen LogP contribution >= 0.6 is 0 Å². The van der Waals surface area contributed by atoms with Crippen LogP contribution in [0.1, 0.15) is 5.56 Å². The number of anilines is 3. The second-order valence-electron chi connectivity index (χ2n) is 5.47. The van der Waals surface area contributed by atoms with E-state index >= 15 is 0 Å². The first-order chi connectivity index (χ1) is 12.5. The van der Waals surface area contributed by atoms with E-state index in [0.29, 0.717) is 28.7 Å². The van der Waals surface area contributed by atoms with Crippen molar-refractivity contribution >= 4 is 34.2 Å². The Labute approximate surface area is 150 Å². The van der Waals surface area contributed by atoms with Crippen LogP contribution in [0.15, 0.2) is 41.4 Å². The maximum absolute atomic E-state index is 5.89. The molecule has 0 aliphatic rings. The summed E-state index contributed by atoms with van der Waals surface area (Å²) in [6.07, 6.45) is 0. The standard InChI is InChI=1S/C18H20N6O2/c1-21-16(19)10-5-4-6-11(7-10)22-17-12-8-14(25-2)15(26-3)9-13(12)23-18(20)24-17/h4-9H,1-3H3,(H2,19,21)(H3,20,22,23,24). The van der Waals surface area contributed by atoms with E-state index in [2.05, 4.69) is 20.3 Å². The van der Waals surface area contributed by atoms with E-state index in [9.17, 15) is 0 Å². The van der Waals surface area contributed by atoms with Crippen LogP contribution in [0, 0.1) is 0 Å². The Morgan fingerprint density at radius 3 is 2.50 bits per heavy atom. The van der Waals surface area contributed by atoms with E-state index < -0.39 is 0 Å². The molecule has 1 heterocycles. The van der Waals surface area contributed by atoms with Crippen molar-refractivity contribution in [3.8, 4) is 11.5 Å². The van der Waals surface area contributed by atoms with Crippen molar-refractivity contribution < 1.29 is 9.47 Å². The molecule has 0 saturated heterocycles. The van der Waals surface area contributed by atoms with Gasteiger partial charge in [0.05, 0.1) is 19.7 Å². The number of hydrogen-bond acceptors (Lipinski definition) is 7. The van der Waals surface area contributed by atoms with Crippen molar-refractivity contribution in [1.82, 2.24) is 9.97 Å². The molecule has 5 N–H and O–H groups in total. The van der Waals surface area contributed by atoms with Gasteiger partial charge < -0.3 is 26.3 Å². The summed E-state index contributed by atoms with van der Waals surface area (Å²) < 4.78 is 10.7. The zero-order chi connectivity index (χ0) is 18.7. The van der Waals surface area contributed by atoms with Crippen molar-refractivity contribution in [1.29, 1.82) is 0 Å². The quantitative estimate of drug-likeness (QED) is 0.476. The number of ether oxygens (including phenoxy) is 2. The maximum atomic E-state index is 5.89. The van der Waals surface area contributed by atoms with Crippen molar-refractivity contribution in [2.24, 2.45) is 10.7 Å². The number of nitrogens with one attached hydrogen (secondary N) is 1. The van der Waals surface area contributed by atoms with Crippen LogP contribution in [-0.4, -0.2) is 37.1 Å². The van der Waals surface area contributed by atoms with Crippen LogP contribution in [0.25, 0.3) is 10.9 Å². The molecule has 2 aromatic carbocycles. The van der Waals surface area contributed by atoms with E-state index in [0.717, 1.165) is 16.6 Å². The van der Waals surface area contributed by atoms with E-state index in [1.165, 1.54) is 0 Å². The molecule has 1 aromatic heterocycles. The molecule has 0 aliphatic heterocycles. The maximum Gasteiger partial charge on any atom is 0.222 e. The lowest BCUT2D eigenvalue weighted by Crippen LogP contribution is -2.13. The molecule has 0 aliphatic carbocycles. The molecular weight excluding hydrogens is 332 g/mol. The monoisotopic (exact) mass is 352 g/mol. The third kappa shape index (κ3) is 3.30. The van der Waals surface area contributed by atoms with Gasteiger partial charge in [-0.15, -0.1) is 0 Å². The molecule has 0 bridgehead atoms. The van der Waals surface area contributed by atoms with Crippen LogP contribution in [0.3, 0.4) is 0 Å². The lowest BCUT2D eigenvalue weighted by atomic mass is 10.1. The van der Waals surface area contributed by atoms with Gasteiger partial charge in [0.15, 0.2) is 11.5 Å². The van der Waals surface area contributed by atoms with Gasteiger partial charge in [0.2, 0.25) is 5.95 Å². The minimum Gasteiger partial charge on any atom is -0.493 e. The Morgan fingerprint density at radius 2 is 1.81 bits per heavy atom. The summed E-state index contributed by atoms with van der Waals surface area (Å²) >= 11 is 0. The number of nitrogens with two attached hydrogens (primary N) is 2. The SMILES string of the molecule is CN=C(N)c1cccc(Nc2nc(N)nc3cc(OC)c(OC)cc23)c1. The second kappa shape index (κ2) is 7.14. The molecule has 0 radical (unpaired) electrons. The number of amidine groups is 1. The van der Waals surface area contributed by atoms with Crippen LogP contribution < -0.4 is 26.3 Å². The first-order valence-corrected chi connectivity index (χ1v) is 7.84. The highest BCUT2D eigenvalue weighted by molar-refractivity contribution is 5.99. The number of nitrogen functional groups attached to an aromatic ring is 1. The molecule has 26 heavy (non-hydrogen) atoms. The summed E-state index contributed by atoms with van der Waals surface area (Å²) in [7, 11) is 4.79. The Hall–Kier alpha value is -3.55. The predicted octanol–water partition coefficient (Wildman–Crippen LogP) is 2.31. The van der Waals surface area contributed by atoms with Gasteiger partial charge in [-0.25, -0.2) is 4.98 Å². The van der Waals surface area contributed by atoms with E-state index in [1.54, 1.807) is 27.3 Å². The number of aromatic nitrogens is 2. The largest absolute Gasteiger partial charge is 0.493 e. The Bertz CT molecular complexity index is 987. The average Bonchev–Trinajstić information content (AvgIpc) is 2.66. The van der Waals surface area contributed by atoms with Crippen molar-refractivity contribution in [3.63, 3.8) is 0 Å². The smallest absolute Gasteiger partial charge is 0.222 e. The third-order valence-corrected chi connectivity index (χ3v) is 3.88. The van der Waals surface area contributed by atoms with Gasteiger partial charge in [0.25, 0.3) is 0 Å². The van der Waals surface area contributed by atoms with Gasteiger partial charge in [-0.1, -0.05) is 12.1 Å². The Morgan fingerprint density at radius 1 is 1.08 bits per heavy atom. The fourth-order valence-corrected chi connectivity index (χ4v) is 2.59. The molecule has 0 amide bonds. The van der Waals surface area contributed by atoms with E-state index in [-0.39, 0.29) is 5.95 Å². The molecule has 0 unspecified atom stereocenters. The number of nitrogens with zero attached hydrogens (tertiary/aromatic N) is 3. The molecule has 8 nitrogen and oxygen atoms in total. The summed E-state index contributed by atoms with van der Waals surface area (Å²) in [4.78, 5) is 12.6. The summed E-state index contributed by atoms with van der Waals surface area (Å²) in [5, 5.41) is 4.01. The topological polar surface area (TPSA) is 121 Å². The molecule has 0 atom stereocenters. The van der Waals surface area contributed by atoms with Gasteiger partial charge in [-0.2, -0.15) is 4.98 Å². The van der Waals surface area contributed by atoms with E-state index in [4.69, 9.17) is 20.9 Å². The fourth-order valence-electron chi connectivity index (χ4n) is 2.59. The second-order valence-corrected chi connectivity index (χ2v) is 5.47. The zero-order valence-electron chi connectivity index (χ0n) is 14.8. The lowest BCUT2D eigenvalue weighted by molar-refractivity contribution is 0.356. The molecule has 134 valence electrons. The summed E-state index contributed by atoms with van der Waals surface area (Å²) in [6.45, 7) is 0. The molecule has 3 rings (SSSR count). The summed E-state index contributed by atoms with van der Waals surface area (Å²) in [5.74, 6) is 2.30. The minimum absolute atomic E-state index is 0.151. The van der Waals surface area contributed by atoms with Crippen molar-refractivity contribution in [2.75, 3.05) is 32.3 Å². The van der Waals surface area contributed by atoms with Crippen LogP contribution in [-0.2, 0) is 0 Å². The number of hydrogen-bond donors (Lipinski definition) is 3. The van der Waals surface area contributed by atoms with Crippen molar-refractivity contribution in [2.45, 2.75) is 0 Å². The highest BCUT2D eigenvalue weighted by Gasteiger charge is 2.13. The highest BCUT2D eigenvalue weighted by Crippen LogP contribution is 2.35. The van der Waals surface area contributed by atoms with Gasteiger partial charge >= 0.3 is 0 Å². The minimum atomic E-state index is 0.151. The fraction of sp³-hybridized carbons (Fsp3) is 0.167. The lowest BCUT2D eigenvalue weighted by Gasteiger charge is -2.13. The molecule has 0 spiro atoms. The van der Waals surface area contributed by atoms with Gasteiger partial charge in [-0.3, -0.25) is 4.99 Å². The molecular formula is C18H20N6O2. The van der Waals surface area contributed by atoms with Crippen LogP contribution in [0.4, 0.5) is 17.5 Å². The normalized spacial score (nSPS) is 11.4. The van der Waals surface area contributed by atoms with Gasteiger partial charge in [0.1, 0.15) is 11.7 Å². The zero-order valence-corrected chi connectivity index (χ0v) is 14.8. The Balaban J connectivity index is 2.10. The first-order valence-electron chi connectivity index (χ1n) is 7.84. The number of rotatable bonds is 5. The van der Waals surface area contributed by atoms with Gasteiger partial charge in [-0.05, 0) is 18.2 Å². The number of methoxy groups -OCH3 is 2. The van der Waals surface area contributed by atoms with Gasteiger partial charge in [0, 0.05) is 29.8 Å². The van der Waals surface area contributed by atoms with Crippen LogP contribution in [0.5, 0.6) is 11.5 Å². The number of aliphatic imine (C=N–C) groups is 1. The molecule has 3 aromatic rings. The third-order valence-electron chi connectivity index (χ3n) is 3.88. The molecule has 8 heteroatoms. The Kier molecular flexibility index (Phi) is 4.74. The number of fused-ring (bicyclic) bond motifs is 1. The van der Waals surface area contributed by atoms with E-state index in [1.807, 2.05) is 30.3 Å². The highest BCUT2D eigenvalue weighted by atomic mass is 16.5. The first kappa shape index (κ1) is 17.3. The molecule has 0 fully saturated rings. The summed E-state index contributed by atoms with van der Waals surface area (Å²) in [5.41, 5.74) is 14.0. The average molecular weight is 352 g/mol. The molecule has 0 saturated carbocycles. The van der Waals surface area contributed by atoms with Crippen LogP contribution in [0.2, 0.25) is 0 Å². The number of benzene rings is 2.